The highest BCUT2D eigenvalue weighted by Crippen LogP contribution is 2.16. The molecule has 4 heteroatoms. The molecule has 0 heterocycles. The zero-order valence-electron chi connectivity index (χ0n) is 11.2. The maximum atomic E-state index is 13.0. The maximum absolute atomic E-state index is 13.0. The fourth-order valence-electron chi connectivity index (χ4n) is 1.55. The molecule has 1 rings (SSSR count). The van der Waals surface area contributed by atoms with Crippen molar-refractivity contribution in [3.63, 3.8) is 0 Å². The second-order valence-electron chi connectivity index (χ2n) is 4.21. The molecule has 0 aliphatic rings. The third-order valence-electron chi connectivity index (χ3n) is 2.63. The van der Waals surface area contributed by atoms with Gasteiger partial charge in [-0.1, -0.05) is 0 Å². The van der Waals surface area contributed by atoms with E-state index in [-0.39, 0.29) is 5.82 Å². The van der Waals surface area contributed by atoms with Crippen LogP contribution in [0.2, 0.25) is 0 Å². The molecule has 0 bridgehead atoms. The van der Waals surface area contributed by atoms with Gasteiger partial charge in [0.25, 0.3) is 0 Å². The van der Waals surface area contributed by atoms with E-state index in [0.29, 0.717) is 12.2 Å². The van der Waals surface area contributed by atoms with Gasteiger partial charge in [-0.2, -0.15) is 0 Å². The van der Waals surface area contributed by atoms with Crippen molar-refractivity contribution in [2.45, 2.75) is 19.8 Å². The molecule has 0 saturated heterocycles. The summed E-state index contributed by atoms with van der Waals surface area (Å²) in [4.78, 5) is 0. The van der Waals surface area contributed by atoms with Crippen molar-refractivity contribution in [2.75, 3.05) is 33.4 Å². The Bertz CT molecular complexity index is 345. The van der Waals surface area contributed by atoms with Crippen LogP contribution in [0.4, 0.5) is 4.39 Å². The highest BCUT2D eigenvalue weighted by atomic mass is 19.1. The topological polar surface area (TPSA) is 30.5 Å². The summed E-state index contributed by atoms with van der Waals surface area (Å²) in [6.07, 6.45) is 2.04. The monoisotopic (exact) mass is 255 g/mol. The second kappa shape index (κ2) is 8.89. The van der Waals surface area contributed by atoms with Crippen LogP contribution in [0.5, 0.6) is 5.75 Å². The largest absolute Gasteiger partial charge is 0.494 e. The van der Waals surface area contributed by atoms with Crippen molar-refractivity contribution in [3.8, 4) is 5.75 Å². The summed E-state index contributed by atoms with van der Waals surface area (Å²) < 4.78 is 23.5. The molecule has 1 aromatic rings. The first-order valence-corrected chi connectivity index (χ1v) is 6.32. The molecule has 0 saturated carbocycles. The number of nitrogens with one attached hydrogen (secondary N) is 1. The van der Waals surface area contributed by atoms with Crippen LogP contribution in [-0.2, 0) is 4.74 Å². The summed E-state index contributed by atoms with van der Waals surface area (Å²) in [6, 6.07) is 4.84. The standard InChI is InChI=1S/C14H22FNO2/c1-12-11-13(5-6-14(12)15)18-9-4-3-7-16-8-10-17-2/h5-6,11,16H,3-4,7-10H2,1-2H3. The molecule has 1 N–H and O–H groups in total. The second-order valence-corrected chi connectivity index (χ2v) is 4.21. The number of aryl methyl sites for hydroxylation is 1. The van der Waals surface area contributed by atoms with Gasteiger partial charge in [-0.05, 0) is 50.1 Å². The Hall–Kier alpha value is -1.13. The van der Waals surface area contributed by atoms with Crippen LogP contribution < -0.4 is 10.1 Å². The lowest BCUT2D eigenvalue weighted by molar-refractivity contribution is 0.199. The molecule has 0 radical (unpaired) electrons. The molecule has 0 fully saturated rings. The normalized spacial score (nSPS) is 10.6. The van der Waals surface area contributed by atoms with Crippen molar-refractivity contribution in [3.05, 3.63) is 29.6 Å². The molecule has 0 amide bonds. The van der Waals surface area contributed by atoms with Crippen molar-refractivity contribution >= 4 is 0 Å². The zero-order valence-corrected chi connectivity index (χ0v) is 11.2. The van der Waals surface area contributed by atoms with Crippen LogP contribution in [0.15, 0.2) is 18.2 Å². The summed E-state index contributed by atoms with van der Waals surface area (Å²) in [5.41, 5.74) is 0.619. The van der Waals surface area contributed by atoms with Crippen LogP contribution >= 0.6 is 0 Å². The minimum atomic E-state index is -0.190. The lowest BCUT2D eigenvalue weighted by atomic mass is 10.2. The van der Waals surface area contributed by atoms with Crippen molar-refractivity contribution < 1.29 is 13.9 Å². The highest BCUT2D eigenvalue weighted by Gasteiger charge is 1.99. The van der Waals surface area contributed by atoms with Gasteiger partial charge >= 0.3 is 0 Å². The lowest BCUT2D eigenvalue weighted by Gasteiger charge is -2.07. The quantitative estimate of drug-likeness (QED) is 0.688. The molecule has 3 nitrogen and oxygen atoms in total. The van der Waals surface area contributed by atoms with Gasteiger partial charge in [0.1, 0.15) is 11.6 Å². The number of rotatable bonds is 9. The van der Waals surface area contributed by atoms with E-state index in [1.165, 1.54) is 6.07 Å². The van der Waals surface area contributed by atoms with E-state index in [0.717, 1.165) is 38.3 Å². The molecule has 1 aromatic carbocycles. The number of ether oxygens (including phenoxy) is 2. The molecule has 0 unspecified atom stereocenters. The SMILES string of the molecule is COCCNCCCCOc1ccc(F)c(C)c1. The van der Waals surface area contributed by atoms with Gasteiger partial charge in [-0.3, -0.25) is 0 Å². The van der Waals surface area contributed by atoms with E-state index in [1.807, 2.05) is 0 Å². The van der Waals surface area contributed by atoms with Gasteiger partial charge in [0.15, 0.2) is 0 Å². The highest BCUT2D eigenvalue weighted by molar-refractivity contribution is 5.28. The Morgan fingerprint density at radius 1 is 1.17 bits per heavy atom. The Morgan fingerprint density at radius 3 is 2.72 bits per heavy atom. The smallest absolute Gasteiger partial charge is 0.126 e. The van der Waals surface area contributed by atoms with E-state index in [2.05, 4.69) is 5.32 Å². The lowest BCUT2D eigenvalue weighted by Crippen LogP contribution is -2.20. The summed E-state index contributed by atoms with van der Waals surface area (Å²) in [7, 11) is 1.69. The van der Waals surface area contributed by atoms with E-state index in [9.17, 15) is 4.39 Å². The Morgan fingerprint density at radius 2 is 2.00 bits per heavy atom. The van der Waals surface area contributed by atoms with E-state index in [4.69, 9.17) is 9.47 Å². The van der Waals surface area contributed by atoms with Gasteiger partial charge < -0.3 is 14.8 Å². The van der Waals surface area contributed by atoms with E-state index in [1.54, 1.807) is 26.2 Å². The average Bonchev–Trinajstić information content (AvgIpc) is 2.37. The first kappa shape index (κ1) is 14.9. The predicted octanol–water partition coefficient (Wildman–Crippen LogP) is 2.53. The first-order valence-electron chi connectivity index (χ1n) is 6.32. The van der Waals surface area contributed by atoms with E-state index < -0.39 is 0 Å². The van der Waals surface area contributed by atoms with Crippen LogP contribution in [0.1, 0.15) is 18.4 Å². The molecule has 0 aliphatic carbocycles. The van der Waals surface area contributed by atoms with Crippen molar-refractivity contribution in [2.24, 2.45) is 0 Å². The number of benzene rings is 1. The molecular weight excluding hydrogens is 233 g/mol. The minimum Gasteiger partial charge on any atom is -0.494 e. The van der Waals surface area contributed by atoms with Crippen LogP contribution in [0.3, 0.4) is 0 Å². The number of hydrogen-bond acceptors (Lipinski definition) is 3. The maximum Gasteiger partial charge on any atom is 0.126 e. The molecule has 0 aliphatic heterocycles. The van der Waals surface area contributed by atoms with Gasteiger partial charge in [0.05, 0.1) is 13.2 Å². The number of halogens is 1. The first-order chi connectivity index (χ1) is 8.74. The molecule has 18 heavy (non-hydrogen) atoms. The van der Waals surface area contributed by atoms with Crippen LogP contribution in [0, 0.1) is 12.7 Å². The van der Waals surface area contributed by atoms with Gasteiger partial charge in [-0.25, -0.2) is 4.39 Å². The molecule has 0 atom stereocenters. The Labute approximate surface area is 108 Å². The van der Waals surface area contributed by atoms with Gasteiger partial charge in [-0.15, -0.1) is 0 Å². The summed E-state index contributed by atoms with van der Waals surface area (Å²) in [6.45, 7) is 4.99. The van der Waals surface area contributed by atoms with Gasteiger partial charge in [0.2, 0.25) is 0 Å². The molecule has 0 aromatic heterocycles. The fraction of sp³-hybridized carbons (Fsp3) is 0.571. The predicted molar refractivity (Wildman–Crippen MR) is 70.6 cm³/mol. The minimum absolute atomic E-state index is 0.190. The summed E-state index contributed by atoms with van der Waals surface area (Å²) >= 11 is 0. The molecule has 0 spiro atoms. The van der Waals surface area contributed by atoms with E-state index >= 15 is 0 Å². The zero-order chi connectivity index (χ0) is 13.2. The van der Waals surface area contributed by atoms with Crippen LogP contribution in [0.25, 0.3) is 0 Å². The third-order valence-corrected chi connectivity index (χ3v) is 2.63. The average molecular weight is 255 g/mol. The summed E-state index contributed by atoms with van der Waals surface area (Å²) in [5, 5.41) is 3.27. The Balaban J connectivity index is 2.05. The molecular formula is C14H22FNO2. The van der Waals surface area contributed by atoms with Crippen LogP contribution in [-0.4, -0.2) is 33.4 Å². The van der Waals surface area contributed by atoms with Crippen molar-refractivity contribution in [1.82, 2.24) is 5.32 Å². The Kier molecular flexibility index (Phi) is 7.37. The molecule has 102 valence electrons. The number of methoxy groups -OCH3 is 1. The number of unbranched alkanes of at least 4 members (excludes halogenated alkanes) is 1. The third kappa shape index (κ3) is 5.98. The van der Waals surface area contributed by atoms with Crippen molar-refractivity contribution in [1.29, 1.82) is 0 Å². The number of hydrogen-bond donors (Lipinski definition) is 1. The fourth-order valence-corrected chi connectivity index (χ4v) is 1.55. The van der Waals surface area contributed by atoms with Gasteiger partial charge in [0, 0.05) is 13.7 Å². The summed E-state index contributed by atoms with van der Waals surface area (Å²) in [5.74, 6) is 0.547.